The Morgan fingerprint density at radius 2 is 1.44 bits per heavy atom. The van der Waals surface area contributed by atoms with E-state index in [0.717, 1.165) is 5.56 Å². The summed E-state index contributed by atoms with van der Waals surface area (Å²) in [5.41, 5.74) is 2.02. The van der Waals surface area contributed by atoms with Crippen molar-refractivity contribution in [3.63, 3.8) is 0 Å². The summed E-state index contributed by atoms with van der Waals surface area (Å²) in [4.78, 5) is 24.4. The molecule has 0 aliphatic rings. The normalized spacial score (nSPS) is 11.4. The van der Waals surface area contributed by atoms with Gasteiger partial charge in [0.1, 0.15) is 22.1 Å². The number of hydrogen-bond donors (Lipinski definition) is 2. The molecule has 3 aromatic rings. The quantitative estimate of drug-likeness (QED) is 0.374. The van der Waals surface area contributed by atoms with E-state index >= 15 is 0 Å². The Balaban J connectivity index is 1.76. The maximum atomic E-state index is 12.7. The summed E-state index contributed by atoms with van der Waals surface area (Å²) in [5.74, 6) is -0.188. The summed E-state index contributed by atoms with van der Waals surface area (Å²) >= 11 is 0. The SMILES string of the molecule is COc1ccc(NC(=O)/C(=C/c2ccc(OS(=O)(=O)c3ccc(C)cc3)cc2)NC(C)=O)cc1. The van der Waals surface area contributed by atoms with Gasteiger partial charge in [0.05, 0.1) is 7.11 Å². The van der Waals surface area contributed by atoms with Gasteiger partial charge in [-0.05, 0) is 67.1 Å². The average Bonchev–Trinajstić information content (AvgIpc) is 2.80. The number of rotatable bonds is 8. The van der Waals surface area contributed by atoms with Crippen molar-refractivity contribution in [1.29, 1.82) is 0 Å². The van der Waals surface area contributed by atoms with Crippen LogP contribution in [0.2, 0.25) is 0 Å². The molecule has 8 nitrogen and oxygen atoms in total. The molecule has 0 fully saturated rings. The van der Waals surface area contributed by atoms with Crippen LogP contribution in [-0.4, -0.2) is 27.3 Å². The largest absolute Gasteiger partial charge is 0.497 e. The van der Waals surface area contributed by atoms with Gasteiger partial charge in [-0.1, -0.05) is 29.8 Å². The van der Waals surface area contributed by atoms with Crippen LogP contribution in [0.5, 0.6) is 11.5 Å². The van der Waals surface area contributed by atoms with Crippen molar-refractivity contribution >= 4 is 33.7 Å². The fourth-order valence-electron chi connectivity index (χ4n) is 2.89. The van der Waals surface area contributed by atoms with Crippen molar-refractivity contribution in [2.45, 2.75) is 18.7 Å². The van der Waals surface area contributed by atoms with Crippen molar-refractivity contribution in [2.24, 2.45) is 0 Å². The van der Waals surface area contributed by atoms with Crippen LogP contribution in [0.1, 0.15) is 18.1 Å². The third kappa shape index (κ3) is 6.69. The van der Waals surface area contributed by atoms with E-state index in [1.54, 1.807) is 55.6 Å². The highest BCUT2D eigenvalue weighted by molar-refractivity contribution is 7.87. The molecule has 0 saturated heterocycles. The summed E-state index contributed by atoms with van der Waals surface area (Å²) in [5, 5.41) is 5.21. The zero-order valence-electron chi connectivity index (χ0n) is 18.9. The topological polar surface area (TPSA) is 111 Å². The molecular formula is C25H24N2O6S. The van der Waals surface area contributed by atoms with Gasteiger partial charge in [-0.25, -0.2) is 0 Å². The lowest BCUT2D eigenvalue weighted by atomic mass is 10.1. The van der Waals surface area contributed by atoms with Crippen molar-refractivity contribution in [2.75, 3.05) is 12.4 Å². The number of hydrogen-bond acceptors (Lipinski definition) is 6. The number of benzene rings is 3. The second-order valence-electron chi connectivity index (χ2n) is 7.34. The van der Waals surface area contributed by atoms with Crippen LogP contribution >= 0.6 is 0 Å². The fourth-order valence-corrected chi connectivity index (χ4v) is 3.82. The number of carbonyl (C=O) groups is 2. The number of methoxy groups -OCH3 is 1. The zero-order valence-corrected chi connectivity index (χ0v) is 19.7. The van der Waals surface area contributed by atoms with Gasteiger partial charge in [0.15, 0.2) is 0 Å². The molecule has 9 heteroatoms. The Hall–Kier alpha value is -4.11. The molecule has 0 spiro atoms. The number of aryl methyl sites for hydroxylation is 1. The van der Waals surface area contributed by atoms with Gasteiger partial charge < -0.3 is 19.6 Å². The average molecular weight is 481 g/mol. The molecule has 3 aromatic carbocycles. The lowest BCUT2D eigenvalue weighted by Gasteiger charge is -2.11. The van der Waals surface area contributed by atoms with Crippen LogP contribution in [0.25, 0.3) is 6.08 Å². The first kappa shape index (κ1) is 24.5. The Morgan fingerprint density at radius 3 is 2.00 bits per heavy atom. The first-order valence-corrected chi connectivity index (χ1v) is 11.6. The number of carbonyl (C=O) groups excluding carboxylic acids is 2. The summed E-state index contributed by atoms with van der Waals surface area (Å²) in [6.45, 7) is 3.15. The minimum atomic E-state index is -3.98. The van der Waals surface area contributed by atoms with Gasteiger partial charge in [0.2, 0.25) is 5.91 Å². The van der Waals surface area contributed by atoms with Crippen LogP contribution in [0.4, 0.5) is 5.69 Å². The third-order valence-electron chi connectivity index (χ3n) is 4.61. The van der Waals surface area contributed by atoms with Crippen LogP contribution in [-0.2, 0) is 19.7 Å². The zero-order chi connectivity index (χ0) is 24.7. The van der Waals surface area contributed by atoms with E-state index in [0.29, 0.717) is 17.0 Å². The molecular weight excluding hydrogens is 456 g/mol. The fraction of sp³-hybridized carbons (Fsp3) is 0.120. The predicted molar refractivity (Wildman–Crippen MR) is 129 cm³/mol. The van der Waals surface area contributed by atoms with E-state index in [9.17, 15) is 18.0 Å². The smallest absolute Gasteiger partial charge is 0.339 e. The van der Waals surface area contributed by atoms with Crippen LogP contribution in [0.3, 0.4) is 0 Å². The lowest BCUT2D eigenvalue weighted by molar-refractivity contribution is -0.120. The van der Waals surface area contributed by atoms with E-state index in [-0.39, 0.29) is 16.3 Å². The van der Waals surface area contributed by atoms with Crippen LogP contribution in [0.15, 0.2) is 83.4 Å². The Labute approximate surface area is 198 Å². The number of nitrogens with one attached hydrogen (secondary N) is 2. The molecule has 0 aliphatic carbocycles. The molecule has 2 N–H and O–H groups in total. The minimum absolute atomic E-state index is 0.0178. The van der Waals surface area contributed by atoms with Gasteiger partial charge >= 0.3 is 10.1 Å². The summed E-state index contributed by atoms with van der Waals surface area (Å²) in [6, 6.07) is 19.1. The summed E-state index contributed by atoms with van der Waals surface area (Å²) in [7, 11) is -2.44. The molecule has 0 saturated carbocycles. The second kappa shape index (κ2) is 10.7. The Morgan fingerprint density at radius 1 is 0.853 bits per heavy atom. The van der Waals surface area contributed by atoms with E-state index in [1.165, 1.54) is 37.3 Å². The van der Waals surface area contributed by atoms with Crippen LogP contribution in [0, 0.1) is 6.92 Å². The van der Waals surface area contributed by atoms with Crippen molar-refractivity contribution in [3.05, 3.63) is 89.6 Å². The molecule has 0 bridgehead atoms. The van der Waals surface area contributed by atoms with E-state index < -0.39 is 21.9 Å². The molecule has 0 radical (unpaired) electrons. The van der Waals surface area contributed by atoms with Gasteiger partial charge in [-0.3, -0.25) is 9.59 Å². The highest BCUT2D eigenvalue weighted by Crippen LogP contribution is 2.21. The number of anilines is 1. The maximum absolute atomic E-state index is 12.7. The second-order valence-corrected chi connectivity index (χ2v) is 8.89. The standard InChI is InChI=1S/C25H24N2O6S/c1-17-4-14-23(15-5-17)34(30,31)33-22-10-6-19(7-11-22)16-24(26-18(2)28)25(29)27-20-8-12-21(32-3)13-9-20/h4-16H,1-3H3,(H,26,28)(H,27,29)/b24-16-. The molecule has 3 rings (SSSR count). The molecule has 0 heterocycles. The van der Waals surface area contributed by atoms with Gasteiger partial charge in [-0.2, -0.15) is 8.42 Å². The minimum Gasteiger partial charge on any atom is -0.497 e. The molecule has 0 atom stereocenters. The van der Waals surface area contributed by atoms with Crippen molar-refractivity contribution in [3.8, 4) is 11.5 Å². The maximum Gasteiger partial charge on any atom is 0.339 e. The van der Waals surface area contributed by atoms with E-state index in [2.05, 4.69) is 10.6 Å². The van der Waals surface area contributed by atoms with Gasteiger partial charge in [0, 0.05) is 12.6 Å². The van der Waals surface area contributed by atoms with Gasteiger partial charge in [-0.15, -0.1) is 0 Å². The predicted octanol–water partition coefficient (Wildman–Crippen LogP) is 3.89. The highest BCUT2D eigenvalue weighted by atomic mass is 32.2. The van der Waals surface area contributed by atoms with E-state index in [1.807, 2.05) is 6.92 Å². The summed E-state index contributed by atoms with van der Waals surface area (Å²) < 4.78 is 35.2. The Bertz CT molecular complexity index is 1300. The van der Waals surface area contributed by atoms with Gasteiger partial charge in [0.25, 0.3) is 5.91 Å². The Kier molecular flexibility index (Phi) is 7.70. The highest BCUT2D eigenvalue weighted by Gasteiger charge is 2.16. The monoisotopic (exact) mass is 480 g/mol. The lowest BCUT2D eigenvalue weighted by Crippen LogP contribution is -2.28. The molecule has 0 unspecified atom stereocenters. The number of ether oxygens (including phenoxy) is 1. The van der Waals surface area contributed by atoms with Crippen molar-refractivity contribution < 1.29 is 26.9 Å². The molecule has 0 aliphatic heterocycles. The molecule has 176 valence electrons. The van der Waals surface area contributed by atoms with E-state index in [4.69, 9.17) is 8.92 Å². The first-order valence-electron chi connectivity index (χ1n) is 10.2. The molecule has 0 aromatic heterocycles. The molecule has 34 heavy (non-hydrogen) atoms. The summed E-state index contributed by atoms with van der Waals surface area (Å²) in [6.07, 6.45) is 1.47. The number of amides is 2. The first-order chi connectivity index (χ1) is 16.2. The third-order valence-corrected chi connectivity index (χ3v) is 5.87. The van der Waals surface area contributed by atoms with Crippen LogP contribution < -0.4 is 19.6 Å². The molecule has 2 amide bonds. The van der Waals surface area contributed by atoms with Crippen molar-refractivity contribution in [1.82, 2.24) is 5.32 Å².